The van der Waals surface area contributed by atoms with Gasteiger partial charge in [0.25, 0.3) is 0 Å². The van der Waals surface area contributed by atoms with Crippen LogP contribution in [-0.2, 0) is 9.53 Å². The molecule has 1 N–H and O–H groups in total. The van der Waals surface area contributed by atoms with E-state index < -0.39 is 24.2 Å². The van der Waals surface area contributed by atoms with Gasteiger partial charge in [0, 0.05) is 11.6 Å². The lowest BCUT2D eigenvalue weighted by Gasteiger charge is -2.07. The number of ether oxygens (including phenoxy) is 2. The first-order chi connectivity index (χ1) is 12.8. The predicted octanol–water partition coefficient (Wildman–Crippen LogP) is 2.22. The van der Waals surface area contributed by atoms with Gasteiger partial charge in [-0.1, -0.05) is 11.8 Å². The van der Waals surface area contributed by atoms with Crippen LogP contribution < -0.4 is 10.3 Å². The number of hydrogen-bond donors (Lipinski definition) is 1. The topological polar surface area (TPSA) is 109 Å². The number of Topliss-reactive ketones (excluding diaryl/α,β-unsaturated/α-hetero) is 1. The fourth-order valence-corrected chi connectivity index (χ4v) is 3.02. The van der Waals surface area contributed by atoms with Crippen LogP contribution in [0, 0.1) is 24.1 Å². The summed E-state index contributed by atoms with van der Waals surface area (Å²) in [6, 6.07) is 6.91. The summed E-state index contributed by atoms with van der Waals surface area (Å²) in [5.41, 5.74) is 0.411. The molecule has 0 spiro atoms. The molecule has 0 unspecified atom stereocenters. The summed E-state index contributed by atoms with van der Waals surface area (Å²) in [5, 5.41) is 9.38. The lowest BCUT2D eigenvalue weighted by atomic mass is 10.1. The van der Waals surface area contributed by atoms with Crippen molar-refractivity contribution in [3.63, 3.8) is 0 Å². The third-order valence-corrected chi connectivity index (χ3v) is 4.46. The Morgan fingerprint density at radius 2 is 2.07 bits per heavy atom. The normalized spacial score (nSPS) is 10.1. The minimum absolute atomic E-state index is 0.000360. The minimum atomic E-state index is -0.714. The number of carbonyl (C=O) groups is 2. The zero-order chi connectivity index (χ0) is 20.0. The SMILES string of the molecule is COc1ccc(C(=O)COC(=O)CSc2[nH]c(=O)cc(C)c2C#N)cc1F. The molecule has 27 heavy (non-hydrogen) atoms. The van der Waals surface area contributed by atoms with Gasteiger partial charge in [0.15, 0.2) is 24.0 Å². The number of pyridine rings is 1. The van der Waals surface area contributed by atoms with E-state index in [1.54, 1.807) is 6.92 Å². The number of aryl methyl sites for hydroxylation is 1. The Morgan fingerprint density at radius 1 is 1.33 bits per heavy atom. The fraction of sp³-hybridized carbons (Fsp3) is 0.222. The molecule has 0 aliphatic carbocycles. The molecule has 1 aromatic heterocycles. The smallest absolute Gasteiger partial charge is 0.316 e. The molecule has 0 atom stereocenters. The molecule has 1 aromatic carbocycles. The number of halogens is 1. The third-order valence-electron chi connectivity index (χ3n) is 3.49. The second kappa shape index (κ2) is 9.00. The van der Waals surface area contributed by atoms with E-state index in [4.69, 9.17) is 14.7 Å². The standard InChI is InChI=1S/C18H15FN2O5S/c1-10-5-16(23)21-18(12(10)7-20)27-9-17(24)26-8-14(22)11-3-4-15(25-2)13(19)6-11/h3-6H,8-9H2,1-2H3,(H,21,23). The molecule has 0 radical (unpaired) electrons. The number of nitriles is 1. The van der Waals surface area contributed by atoms with Crippen LogP contribution in [0.1, 0.15) is 21.5 Å². The summed E-state index contributed by atoms with van der Waals surface area (Å²) in [5.74, 6) is -2.19. The maximum Gasteiger partial charge on any atom is 0.316 e. The van der Waals surface area contributed by atoms with Crippen molar-refractivity contribution in [3.05, 3.63) is 57.1 Å². The second-order valence-electron chi connectivity index (χ2n) is 5.35. The molecule has 140 valence electrons. The van der Waals surface area contributed by atoms with Crippen LogP contribution in [0.3, 0.4) is 0 Å². The largest absolute Gasteiger partial charge is 0.494 e. The number of nitrogens with zero attached hydrogens (tertiary/aromatic N) is 1. The number of methoxy groups -OCH3 is 1. The molecular weight excluding hydrogens is 375 g/mol. The highest BCUT2D eigenvalue weighted by Crippen LogP contribution is 2.21. The van der Waals surface area contributed by atoms with Gasteiger partial charge in [-0.3, -0.25) is 14.4 Å². The maximum absolute atomic E-state index is 13.6. The number of hydrogen-bond acceptors (Lipinski definition) is 7. The molecule has 0 aliphatic heterocycles. The van der Waals surface area contributed by atoms with Crippen molar-refractivity contribution < 1.29 is 23.5 Å². The van der Waals surface area contributed by atoms with Crippen LogP contribution in [0.2, 0.25) is 0 Å². The number of esters is 1. The zero-order valence-electron chi connectivity index (χ0n) is 14.5. The first-order valence-electron chi connectivity index (χ1n) is 7.65. The van der Waals surface area contributed by atoms with Crippen LogP contribution in [-0.4, -0.2) is 36.2 Å². The van der Waals surface area contributed by atoms with Gasteiger partial charge < -0.3 is 14.5 Å². The third kappa shape index (κ3) is 5.18. The lowest BCUT2D eigenvalue weighted by molar-refractivity contribution is -0.139. The first-order valence-corrected chi connectivity index (χ1v) is 8.63. The van der Waals surface area contributed by atoms with Crippen molar-refractivity contribution in [2.24, 2.45) is 0 Å². The summed E-state index contributed by atoms with van der Waals surface area (Å²) in [7, 11) is 1.30. The van der Waals surface area contributed by atoms with Crippen molar-refractivity contribution in [2.45, 2.75) is 11.9 Å². The van der Waals surface area contributed by atoms with E-state index in [1.807, 2.05) is 6.07 Å². The predicted molar refractivity (Wildman–Crippen MR) is 95.5 cm³/mol. The number of carbonyl (C=O) groups excluding carboxylic acids is 2. The summed E-state index contributed by atoms with van der Waals surface area (Å²) in [4.78, 5) is 37.8. The summed E-state index contributed by atoms with van der Waals surface area (Å²) >= 11 is 0.922. The van der Waals surface area contributed by atoms with Gasteiger partial charge in [0.1, 0.15) is 6.07 Å². The van der Waals surface area contributed by atoms with Crippen molar-refractivity contribution in [1.29, 1.82) is 5.26 Å². The number of nitrogens with one attached hydrogen (secondary N) is 1. The Balaban J connectivity index is 1.94. The highest BCUT2D eigenvalue weighted by Gasteiger charge is 2.15. The zero-order valence-corrected chi connectivity index (χ0v) is 15.3. The number of thioether (sulfide) groups is 1. The van der Waals surface area contributed by atoms with E-state index >= 15 is 0 Å². The van der Waals surface area contributed by atoms with Gasteiger partial charge in [0.2, 0.25) is 5.56 Å². The Morgan fingerprint density at radius 3 is 2.70 bits per heavy atom. The van der Waals surface area contributed by atoms with E-state index in [2.05, 4.69) is 4.98 Å². The lowest BCUT2D eigenvalue weighted by Crippen LogP contribution is -2.16. The Labute approximate surface area is 158 Å². The van der Waals surface area contributed by atoms with Crippen molar-refractivity contribution in [3.8, 4) is 11.8 Å². The molecule has 9 heteroatoms. The summed E-state index contributed by atoms with van der Waals surface area (Å²) < 4.78 is 23.2. The number of aromatic nitrogens is 1. The Kier molecular flexibility index (Phi) is 6.73. The van der Waals surface area contributed by atoms with Gasteiger partial charge >= 0.3 is 5.97 Å². The van der Waals surface area contributed by atoms with E-state index in [9.17, 15) is 18.8 Å². The number of rotatable bonds is 7. The maximum atomic E-state index is 13.6. The van der Waals surface area contributed by atoms with E-state index in [1.165, 1.54) is 25.3 Å². The van der Waals surface area contributed by atoms with E-state index in [-0.39, 0.29) is 33.2 Å². The van der Waals surface area contributed by atoms with Crippen LogP contribution in [0.5, 0.6) is 5.75 Å². The molecule has 2 aromatic rings. The molecule has 1 heterocycles. The highest BCUT2D eigenvalue weighted by molar-refractivity contribution is 7.99. The molecule has 0 saturated heterocycles. The molecule has 2 rings (SSSR count). The van der Waals surface area contributed by atoms with Gasteiger partial charge in [-0.2, -0.15) is 5.26 Å². The summed E-state index contributed by atoms with van der Waals surface area (Å²) in [6.07, 6.45) is 0. The number of benzene rings is 1. The van der Waals surface area contributed by atoms with Crippen molar-refractivity contribution >= 4 is 23.5 Å². The van der Waals surface area contributed by atoms with Crippen LogP contribution in [0.25, 0.3) is 0 Å². The van der Waals surface area contributed by atoms with Crippen LogP contribution in [0.4, 0.5) is 4.39 Å². The van der Waals surface area contributed by atoms with E-state index in [0.717, 1.165) is 17.8 Å². The number of H-pyrrole nitrogens is 1. The van der Waals surface area contributed by atoms with Crippen LogP contribution >= 0.6 is 11.8 Å². The Hall–Kier alpha value is -3.12. The molecule has 0 amide bonds. The molecule has 0 fully saturated rings. The van der Waals surface area contributed by atoms with Crippen LogP contribution in [0.15, 0.2) is 34.1 Å². The molecule has 0 saturated carbocycles. The highest BCUT2D eigenvalue weighted by atomic mass is 32.2. The average molecular weight is 390 g/mol. The Bertz CT molecular complexity index is 981. The van der Waals surface area contributed by atoms with Crippen molar-refractivity contribution in [2.75, 3.05) is 19.5 Å². The minimum Gasteiger partial charge on any atom is -0.494 e. The summed E-state index contributed by atoms with van der Waals surface area (Å²) in [6.45, 7) is 1.06. The molecule has 7 nitrogen and oxygen atoms in total. The molecule has 0 bridgehead atoms. The quantitative estimate of drug-likeness (QED) is 0.438. The van der Waals surface area contributed by atoms with Gasteiger partial charge in [-0.05, 0) is 30.7 Å². The van der Waals surface area contributed by atoms with Crippen molar-refractivity contribution in [1.82, 2.24) is 4.98 Å². The molecular formula is C18H15FN2O5S. The van der Waals surface area contributed by atoms with E-state index in [0.29, 0.717) is 5.56 Å². The fourth-order valence-electron chi connectivity index (χ4n) is 2.15. The molecule has 0 aliphatic rings. The number of ketones is 1. The van der Waals surface area contributed by atoms with Gasteiger partial charge in [-0.15, -0.1) is 0 Å². The average Bonchev–Trinajstić information content (AvgIpc) is 2.63. The monoisotopic (exact) mass is 390 g/mol. The second-order valence-corrected chi connectivity index (χ2v) is 6.34. The first kappa shape index (κ1) is 20.2. The van der Waals surface area contributed by atoms with Gasteiger partial charge in [-0.25, -0.2) is 4.39 Å². The van der Waals surface area contributed by atoms with Gasteiger partial charge in [0.05, 0.1) is 23.5 Å². The number of aromatic amines is 1.